The third-order valence-electron chi connectivity index (χ3n) is 2.77. The summed E-state index contributed by atoms with van der Waals surface area (Å²) < 4.78 is 1.04. The van der Waals surface area contributed by atoms with Crippen LogP contribution >= 0.6 is 15.9 Å². The van der Waals surface area contributed by atoms with Crippen molar-refractivity contribution >= 4 is 21.7 Å². The summed E-state index contributed by atoms with van der Waals surface area (Å²) in [6, 6.07) is 11.7. The Bertz CT molecular complexity index is 513. The lowest BCUT2D eigenvalue weighted by Gasteiger charge is -2.12. The number of aliphatic hydroxyl groups is 1. The molecule has 3 nitrogen and oxygen atoms in total. The number of anilines is 1. The van der Waals surface area contributed by atoms with Gasteiger partial charge < -0.3 is 10.8 Å². The standard InChI is InChI=1S/C14H15BrN2O/c15-12-5-3-10(4-6-12)8-13(18)9-11-2-1-7-17-14(11)16/h1-7,13,18H,8-9H2,(H2,16,17). The van der Waals surface area contributed by atoms with Crippen LogP contribution in [0, 0.1) is 0 Å². The zero-order valence-corrected chi connectivity index (χ0v) is 11.5. The number of nitrogens with zero attached hydrogens (tertiary/aromatic N) is 1. The quantitative estimate of drug-likeness (QED) is 0.912. The van der Waals surface area contributed by atoms with Gasteiger partial charge in [0.25, 0.3) is 0 Å². The summed E-state index contributed by atoms with van der Waals surface area (Å²) in [4.78, 5) is 4.01. The van der Waals surface area contributed by atoms with Crippen LogP contribution in [0.25, 0.3) is 0 Å². The SMILES string of the molecule is Nc1ncccc1CC(O)Cc1ccc(Br)cc1. The fourth-order valence-electron chi connectivity index (χ4n) is 1.84. The van der Waals surface area contributed by atoms with Gasteiger partial charge in [-0.15, -0.1) is 0 Å². The van der Waals surface area contributed by atoms with Crippen LogP contribution in [0.5, 0.6) is 0 Å². The van der Waals surface area contributed by atoms with Crippen LogP contribution in [-0.4, -0.2) is 16.2 Å². The number of benzene rings is 1. The second-order valence-electron chi connectivity index (χ2n) is 4.24. The third kappa shape index (κ3) is 3.55. The van der Waals surface area contributed by atoms with Gasteiger partial charge in [0.2, 0.25) is 0 Å². The molecule has 0 amide bonds. The molecular weight excluding hydrogens is 292 g/mol. The predicted octanol–water partition coefficient (Wildman–Crippen LogP) is 2.57. The molecular formula is C14H15BrN2O. The van der Waals surface area contributed by atoms with Gasteiger partial charge in [-0.3, -0.25) is 0 Å². The van der Waals surface area contributed by atoms with Gasteiger partial charge in [0.1, 0.15) is 5.82 Å². The number of halogens is 1. The summed E-state index contributed by atoms with van der Waals surface area (Å²) in [5.41, 5.74) is 7.75. The zero-order valence-electron chi connectivity index (χ0n) is 9.88. The van der Waals surface area contributed by atoms with Crippen molar-refractivity contribution < 1.29 is 5.11 Å². The Morgan fingerprint density at radius 1 is 1.17 bits per heavy atom. The van der Waals surface area contributed by atoms with Crippen molar-refractivity contribution in [3.05, 3.63) is 58.2 Å². The number of aromatic nitrogens is 1. The van der Waals surface area contributed by atoms with Crippen LogP contribution in [0.3, 0.4) is 0 Å². The summed E-state index contributed by atoms with van der Waals surface area (Å²) in [6.07, 6.45) is 2.34. The number of aliphatic hydroxyl groups excluding tert-OH is 1. The molecule has 18 heavy (non-hydrogen) atoms. The molecule has 4 heteroatoms. The highest BCUT2D eigenvalue weighted by Gasteiger charge is 2.09. The Morgan fingerprint density at radius 2 is 1.89 bits per heavy atom. The van der Waals surface area contributed by atoms with Crippen molar-refractivity contribution in [2.45, 2.75) is 18.9 Å². The fourth-order valence-corrected chi connectivity index (χ4v) is 2.11. The van der Waals surface area contributed by atoms with E-state index >= 15 is 0 Å². The van der Waals surface area contributed by atoms with Gasteiger partial charge in [0, 0.05) is 17.1 Å². The average molecular weight is 307 g/mol. The highest BCUT2D eigenvalue weighted by Crippen LogP contribution is 2.15. The number of nitrogen functional groups attached to an aromatic ring is 1. The second kappa shape index (κ2) is 5.98. The van der Waals surface area contributed by atoms with E-state index in [0.29, 0.717) is 18.7 Å². The van der Waals surface area contributed by atoms with E-state index in [1.54, 1.807) is 6.20 Å². The number of nitrogens with two attached hydrogens (primary N) is 1. The molecule has 1 aromatic heterocycles. The van der Waals surface area contributed by atoms with Crippen molar-refractivity contribution in [3.8, 4) is 0 Å². The molecule has 0 fully saturated rings. The molecule has 0 radical (unpaired) electrons. The van der Waals surface area contributed by atoms with E-state index in [0.717, 1.165) is 15.6 Å². The van der Waals surface area contributed by atoms with Gasteiger partial charge in [0.05, 0.1) is 6.10 Å². The average Bonchev–Trinajstić information content (AvgIpc) is 2.35. The zero-order chi connectivity index (χ0) is 13.0. The molecule has 2 rings (SSSR count). The Kier molecular flexibility index (Phi) is 4.33. The van der Waals surface area contributed by atoms with Gasteiger partial charge in [-0.1, -0.05) is 34.1 Å². The van der Waals surface area contributed by atoms with Gasteiger partial charge in [-0.05, 0) is 35.7 Å². The third-order valence-corrected chi connectivity index (χ3v) is 3.29. The molecule has 3 N–H and O–H groups in total. The highest BCUT2D eigenvalue weighted by atomic mass is 79.9. The van der Waals surface area contributed by atoms with Gasteiger partial charge in [-0.25, -0.2) is 4.98 Å². The lowest BCUT2D eigenvalue weighted by Crippen LogP contribution is -2.15. The molecule has 0 aliphatic carbocycles. The van der Waals surface area contributed by atoms with E-state index in [1.807, 2.05) is 36.4 Å². The number of pyridine rings is 1. The first-order valence-electron chi connectivity index (χ1n) is 5.77. The van der Waals surface area contributed by atoms with E-state index in [1.165, 1.54) is 0 Å². The Labute approximate surface area is 115 Å². The number of hydrogen-bond donors (Lipinski definition) is 2. The summed E-state index contributed by atoms with van der Waals surface area (Å²) in [7, 11) is 0. The highest BCUT2D eigenvalue weighted by molar-refractivity contribution is 9.10. The number of hydrogen-bond acceptors (Lipinski definition) is 3. The monoisotopic (exact) mass is 306 g/mol. The van der Waals surface area contributed by atoms with E-state index in [-0.39, 0.29) is 0 Å². The van der Waals surface area contributed by atoms with Crippen LogP contribution in [0.15, 0.2) is 47.1 Å². The maximum atomic E-state index is 10.1. The molecule has 0 aliphatic rings. The normalized spacial score (nSPS) is 12.3. The largest absolute Gasteiger partial charge is 0.392 e. The van der Waals surface area contributed by atoms with Crippen LogP contribution < -0.4 is 5.73 Å². The predicted molar refractivity (Wildman–Crippen MR) is 76.2 cm³/mol. The van der Waals surface area contributed by atoms with Crippen LogP contribution in [-0.2, 0) is 12.8 Å². The van der Waals surface area contributed by atoms with Gasteiger partial charge >= 0.3 is 0 Å². The van der Waals surface area contributed by atoms with E-state index in [4.69, 9.17) is 5.73 Å². The molecule has 0 spiro atoms. The van der Waals surface area contributed by atoms with Gasteiger partial charge in [-0.2, -0.15) is 0 Å². The summed E-state index contributed by atoms with van der Waals surface area (Å²) in [5.74, 6) is 0.493. The molecule has 0 saturated carbocycles. The minimum atomic E-state index is -0.447. The molecule has 1 unspecified atom stereocenters. The van der Waals surface area contributed by atoms with E-state index < -0.39 is 6.10 Å². The summed E-state index contributed by atoms with van der Waals surface area (Å²) >= 11 is 3.39. The maximum absolute atomic E-state index is 10.1. The van der Waals surface area contributed by atoms with Crippen molar-refractivity contribution in [2.24, 2.45) is 0 Å². The van der Waals surface area contributed by atoms with Crippen molar-refractivity contribution in [3.63, 3.8) is 0 Å². The molecule has 94 valence electrons. The molecule has 2 aromatic rings. The van der Waals surface area contributed by atoms with Crippen molar-refractivity contribution in [1.82, 2.24) is 4.98 Å². The maximum Gasteiger partial charge on any atom is 0.126 e. The minimum absolute atomic E-state index is 0.447. The van der Waals surface area contributed by atoms with Crippen LogP contribution in [0.4, 0.5) is 5.82 Å². The fraction of sp³-hybridized carbons (Fsp3) is 0.214. The Morgan fingerprint density at radius 3 is 2.56 bits per heavy atom. The Balaban J connectivity index is 1.99. The number of rotatable bonds is 4. The molecule has 0 aliphatic heterocycles. The molecule has 1 atom stereocenters. The van der Waals surface area contributed by atoms with Crippen molar-refractivity contribution in [1.29, 1.82) is 0 Å². The smallest absolute Gasteiger partial charge is 0.126 e. The van der Waals surface area contributed by atoms with Crippen molar-refractivity contribution in [2.75, 3.05) is 5.73 Å². The first kappa shape index (κ1) is 13.1. The lowest BCUT2D eigenvalue weighted by atomic mass is 10.0. The second-order valence-corrected chi connectivity index (χ2v) is 5.15. The molecule has 0 saturated heterocycles. The lowest BCUT2D eigenvalue weighted by molar-refractivity contribution is 0.175. The first-order chi connectivity index (χ1) is 8.65. The topological polar surface area (TPSA) is 59.1 Å². The van der Waals surface area contributed by atoms with E-state index in [9.17, 15) is 5.11 Å². The summed E-state index contributed by atoms with van der Waals surface area (Å²) in [5, 5.41) is 10.1. The Hall–Kier alpha value is -1.39. The minimum Gasteiger partial charge on any atom is -0.392 e. The molecule has 1 heterocycles. The summed E-state index contributed by atoms with van der Waals surface area (Å²) in [6.45, 7) is 0. The van der Waals surface area contributed by atoms with E-state index in [2.05, 4.69) is 20.9 Å². The van der Waals surface area contributed by atoms with Gasteiger partial charge in [0.15, 0.2) is 0 Å². The molecule has 0 bridgehead atoms. The van der Waals surface area contributed by atoms with Crippen LogP contribution in [0.1, 0.15) is 11.1 Å². The van der Waals surface area contributed by atoms with Crippen LogP contribution in [0.2, 0.25) is 0 Å². The first-order valence-corrected chi connectivity index (χ1v) is 6.56. The molecule has 1 aromatic carbocycles.